The fourth-order valence-electron chi connectivity index (χ4n) is 0.627. The van der Waals surface area contributed by atoms with Gasteiger partial charge in [-0.3, -0.25) is 0 Å². The Morgan fingerprint density at radius 1 is 1.42 bits per heavy atom. The molecule has 0 heterocycles. The maximum Gasteiger partial charge on any atom is 0.0944 e. The normalized spacial score (nSPS) is 12.5. The van der Waals surface area contributed by atoms with E-state index in [2.05, 4.69) is 13.2 Å². The molecule has 0 aromatic heterocycles. The van der Waals surface area contributed by atoms with E-state index >= 15 is 0 Å². The van der Waals surface area contributed by atoms with Crippen LogP contribution in [-0.4, -0.2) is 0 Å². The van der Waals surface area contributed by atoms with Crippen molar-refractivity contribution < 1.29 is 4.39 Å². The van der Waals surface area contributed by atoms with Gasteiger partial charge in [-0.15, -0.1) is 0 Å². The molecule has 0 aromatic carbocycles. The van der Waals surface area contributed by atoms with E-state index < -0.39 is 0 Å². The summed E-state index contributed by atoms with van der Waals surface area (Å²) in [6, 6.07) is 0. The van der Waals surface area contributed by atoms with Crippen LogP contribution in [0, 0.1) is 5.92 Å². The molecule has 1 heteroatoms. The van der Waals surface area contributed by atoms with Gasteiger partial charge in [0.2, 0.25) is 0 Å². The van der Waals surface area contributed by atoms with Crippen LogP contribution < -0.4 is 0 Å². The quantitative estimate of drug-likeness (QED) is 0.557. The van der Waals surface area contributed by atoms with Gasteiger partial charge in [0.05, 0.1) is 6.33 Å². The topological polar surface area (TPSA) is 0 Å². The fraction of sp³-hybridized carbons (Fsp3) is 0.273. The monoisotopic (exact) mass is 166 g/mol. The number of allylic oxidation sites excluding steroid dienone is 5. The first-order valence-electron chi connectivity index (χ1n) is 3.92. The van der Waals surface area contributed by atoms with Crippen LogP contribution in [0.2, 0.25) is 0 Å². The molecule has 0 spiro atoms. The van der Waals surface area contributed by atoms with Gasteiger partial charge in [0.15, 0.2) is 0 Å². The number of rotatable bonds is 4. The molecule has 0 nitrogen and oxygen atoms in total. The Kier molecular flexibility index (Phi) is 5.02. The minimum atomic E-state index is 0.414. The molecule has 0 N–H and O–H groups in total. The van der Waals surface area contributed by atoms with E-state index in [1.807, 2.05) is 19.9 Å². The van der Waals surface area contributed by atoms with Crippen molar-refractivity contribution in [3.8, 4) is 0 Å². The van der Waals surface area contributed by atoms with Gasteiger partial charge < -0.3 is 0 Å². The Labute approximate surface area is 73.8 Å². The molecule has 0 atom stereocenters. The molecule has 0 unspecified atom stereocenters. The molecule has 0 aliphatic heterocycles. The van der Waals surface area contributed by atoms with Crippen molar-refractivity contribution in [3.05, 3.63) is 48.9 Å². The van der Waals surface area contributed by atoms with Crippen LogP contribution in [0.3, 0.4) is 0 Å². The summed E-state index contributed by atoms with van der Waals surface area (Å²) >= 11 is 0. The Bertz CT molecular complexity index is 219. The van der Waals surface area contributed by atoms with Crippen molar-refractivity contribution in [1.82, 2.24) is 0 Å². The van der Waals surface area contributed by atoms with Gasteiger partial charge in [0.25, 0.3) is 0 Å². The van der Waals surface area contributed by atoms with Gasteiger partial charge in [-0.2, -0.15) is 0 Å². The lowest BCUT2D eigenvalue weighted by molar-refractivity contribution is 0.714. The van der Waals surface area contributed by atoms with E-state index in [9.17, 15) is 4.39 Å². The molecule has 0 radical (unpaired) electrons. The third-order valence-electron chi connectivity index (χ3n) is 1.40. The lowest BCUT2D eigenvalue weighted by atomic mass is 10.1. The van der Waals surface area contributed by atoms with Gasteiger partial charge in [-0.05, 0) is 11.5 Å². The van der Waals surface area contributed by atoms with E-state index in [1.165, 1.54) is 6.08 Å². The molecular weight excluding hydrogens is 151 g/mol. The maximum absolute atomic E-state index is 12.2. The molecule has 12 heavy (non-hydrogen) atoms. The van der Waals surface area contributed by atoms with Gasteiger partial charge in [0.1, 0.15) is 0 Å². The summed E-state index contributed by atoms with van der Waals surface area (Å²) in [5, 5.41) is 0. The van der Waals surface area contributed by atoms with E-state index in [4.69, 9.17) is 0 Å². The molecule has 0 fully saturated rings. The summed E-state index contributed by atoms with van der Waals surface area (Å²) in [6.07, 6.45) is 5.72. The van der Waals surface area contributed by atoms with Crippen LogP contribution >= 0.6 is 0 Å². The predicted molar refractivity (Wildman–Crippen MR) is 52.5 cm³/mol. The highest BCUT2D eigenvalue weighted by atomic mass is 19.1. The van der Waals surface area contributed by atoms with Crippen LogP contribution in [0.15, 0.2) is 48.9 Å². The van der Waals surface area contributed by atoms with Gasteiger partial charge >= 0.3 is 0 Å². The van der Waals surface area contributed by atoms with E-state index in [0.717, 1.165) is 0 Å². The van der Waals surface area contributed by atoms with Crippen molar-refractivity contribution >= 4 is 0 Å². The molecule has 66 valence electrons. The second kappa shape index (κ2) is 5.53. The fourth-order valence-corrected chi connectivity index (χ4v) is 0.627. The summed E-state index contributed by atoms with van der Waals surface area (Å²) < 4.78 is 12.2. The number of halogens is 1. The molecule has 0 aliphatic carbocycles. The van der Waals surface area contributed by atoms with Crippen LogP contribution in [0.25, 0.3) is 0 Å². The molecule has 0 amide bonds. The van der Waals surface area contributed by atoms with E-state index in [1.54, 1.807) is 6.08 Å². The summed E-state index contributed by atoms with van der Waals surface area (Å²) in [5.41, 5.74) is 1.09. The van der Waals surface area contributed by atoms with Gasteiger partial charge in [-0.1, -0.05) is 45.2 Å². The molecule has 0 aliphatic rings. The molecule has 0 bridgehead atoms. The van der Waals surface area contributed by atoms with Crippen molar-refractivity contribution in [3.63, 3.8) is 0 Å². The molecular formula is C11H15F. The van der Waals surface area contributed by atoms with E-state index in [0.29, 0.717) is 23.4 Å². The lowest BCUT2D eigenvalue weighted by Gasteiger charge is -1.99. The second-order valence-corrected chi connectivity index (χ2v) is 2.90. The Morgan fingerprint density at radius 2 is 2.00 bits per heavy atom. The largest absolute Gasteiger partial charge is 0.215 e. The third-order valence-corrected chi connectivity index (χ3v) is 1.40. The number of hydrogen-bond donors (Lipinski definition) is 0. The second-order valence-electron chi connectivity index (χ2n) is 2.90. The van der Waals surface area contributed by atoms with Crippen molar-refractivity contribution in [2.24, 2.45) is 5.92 Å². The maximum atomic E-state index is 12.2. The first kappa shape index (κ1) is 10.9. The highest BCUT2D eigenvalue weighted by Crippen LogP contribution is 2.11. The summed E-state index contributed by atoms with van der Waals surface area (Å²) in [4.78, 5) is 0. The third kappa shape index (κ3) is 3.91. The average Bonchev–Trinajstić information content (AvgIpc) is 2.04. The first-order valence-corrected chi connectivity index (χ1v) is 3.92. The summed E-state index contributed by atoms with van der Waals surface area (Å²) in [6.45, 7) is 11.2. The SMILES string of the molecule is C=CC(=C)C(/C=C\C(C)C)=C\F. The van der Waals surface area contributed by atoms with Gasteiger partial charge in [-0.25, -0.2) is 4.39 Å². The zero-order chi connectivity index (χ0) is 9.56. The van der Waals surface area contributed by atoms with Crippen molar-refractivity contribution in [1.29, 1.82) is 0 Å². The zero-order valence-corrected chi connectivity index (χ0v) is 7.68. The van der Waals surface area contributed by atoms with Crippen molar-refractivity contribution in [2.45, 2.75) is 13.8 Å². The van der Waals surface area contributed by atoms with Gasteiger partial charge in [0, 0.05) is 5.57 Å². The summed E-state index contributed by atoms with van der Waals surface area (Å²) in [7, 11) is 0. The Morgan fingerprint density at radius 3 is 2.33 bits per heavy atom. The van der Waals surface area contributed by atoms with E-state index in [-0.39, 0.29) is 0 Å². The Hall–Kier alpha value is -1.11. The standard InChI is InChI=1S/C11H15F/c1-5-10(4)11(8-12)7-6-9(2)3/h5-9H,1,4H2,2-3H3/b7-6-,11-8-. The smallest absolute Gasteiger partial charge is 0.0944 e. The highest BCUT2D eigenvalue weighted by molar-refractivity contribution is 5.42. The molecule has 0 rings (SSSR count). The molecule has 0 aromatic rings. The average molecular weight is 166 g/mol. The molecule has 0 saturated carbocycles. The van der Waals surface area contributed by atoms with Crippen LogP contribution in [0.1, 0.15) is 13.8 Å². The highest BCUT2D eigenvalue weighted by Gasteiger charge is 1.94. The minimum absolute atomic E-state index is 0.414. The first-order chi connectivity index (χ1) is 5.61. The zero-order valence-electron chi connectivity index (χ0n) is 7.68. The molecule has 0 saturated heterocycles. The lowest BCUT2D eigenvalue weighted by Crippen LogP contribution is -1.82. The van der Waals surface area contributed by atoms with Crippen molar-refractivity contribution in [2.75, 3.05) is 0 Å². The Balaban J connectivity index is 4.40. The summed E-state index contributed by atoms with van der Waals surface area (Å²) in [5.74, 6) is 0.414. The van der Waals surface area contributed by atoms with Crippen LogP contribution in [-0.2, 0) is 0 Å². The number of hydrogen-bond acceptors (Lipinski definition) is 0. The minimum Gasteiger partial charge on any atom is -0.215 e. The van der Waals surface area contributed by atoms with Crippen LogP contribution in [0.5, 0.6) is 0 Å². The predicted octanol–water partition coefficient (Wildman–Crippen LogP) is 3.79. The van der Waals surface area contributed by atoms with Crippen LogP contribution in [0.4, 0.5) is 4.39 Å².